The van der Waals surface area contributed by atoms with Gasteiger partial charge in [-0.2, -0.15) is 0 Å². The smallest absolute Gasteiger partial charge is 0.119 e. The van der Waals surface area contributed by atoms with Crippen molar-refractivity contribution in [3.05, 3.63) is 30.3 Å². The molecular formula is C17H24O3. The van der Waals surface area contributed by atoms with Gasteiger partial charge in [0.05, 0.1) is 24.9 Å². The summed E-state index contributed by atoms with van der Waals surface area (Å²) in [7, 11) is 0. The molecule has 1 heterocycles. The Balaban J connectivity index is 1.40. The van der Waals surface area contributed by atoms with Gasteiger partial charge in [-0.1, -0.05) is 31.0 Å². The van der Waals surface area contributed by atoms with Gasteiger partial charge in [-0.25, -0.2) is 0 Å². The largest absolute Gasteiger partial charge is 0.491 e. The maximum absolute atomic E-state index is 5.97. The summed E-state index contributed by atoms with van der Waals surface area (Å²) in [5.74, 6) is 1.47. The average Bonchev–Trinajstić information content (AvgIpc) is 3.25. The molecule has 0 N–H and O–H groups in total. The number of hydrogen-bond acceptors (Lipinski definition) is 3. The molecule has 2 aliphatic rings. The van der Waals surface area contributed by atoms with Gasteiger partial charge in [0.2, 0.25) is 0 Å². The molecule has 3 rings (SSSR count). The summed E-state index contributed by atoms with van der Waals surface area (Å²) in [6.45, 7) is 4.37. The molecule has 3 unspecified atom stereocenters. The van der Waals surface area contributed by atoms with Crippen molar-refractivity contribution in [2.45, 2.75) is 44.3 Å². The van der Waals surface area contributed by atoms with E-state index < -0.39 is 0 Å². The van der Waals surface area contributed by atoms with Crippen molar-refractivity contribution in [3.63, 3.8) is 0 Å². The third-order valence-electron chi connectivity index (χ3n) is 4.60. The molecule has 1 spiro atoms. The first-order chi connectivity index (χ1) is 9.80. The third-order valence-corrected chi connectivity index (χ3v) is 4.60. The number of para-hydroxylation sites is 1. The van der Waals surface area contributed by atoms with Crippen LogP contribution in [0.25, 0.3) is 0 Å². The lowest BCUT2D eigenvalue weighted by molar-refractivity contribution is -0.0285. The van der Waals surface area contributed by atoms with Crippen molar-refractivity contribution in [2.75, 3.05) is 19.8 Å². The molecule has 0 bridgehead atoms. The first-order valence-corrected chi connectivity index (χ1v) is 7.74. The normalized spacial score (nSPS) is 30.1. The highest BCUT2D eigenvalue weighted by Crippen LogP contribution is 2.47. The Kier molecular flexibility index (Phi) is 4.27. The fraction of sp³-hybridized carbons (Fsp3) is 0.647. The first kappa shape index (κ1) is 13.9. The lowest BCUT2D eigenvalue weighted by atomic mass is 9.76. The Bertz CT molecular complexity index is 414. The number of benzene rings is 1. The lowest BCUT2D eigenvalue weighted by Gasteiger charge is -2.33. The minimum absolute atomic E-state index is 0.165. The zero-order valence-corrected chi connectivity index (χ0v) is 12.2. The molecule has 1 aliphatic heterocycles. The molecule has 3 nitrogen and oxygen atoms in total. The molecule has 3 atom stereocenters. The molecule has 1 saturated carbocycles. The maximum atomic E-state index is 5.97. The molecule has 20 heavy (non-hydrogen) atoms. The maximum Gasteiger partial charge on any atom is 0.119 e. The minimum Gasteiger partial charge on any atom is -0.491 e. The molecule has 1 saturated heterocycles. The van der Waals surface area contributed by atoms with E-state index in [9.17, 15) is 0 Å². The van der Waals surface area contributed by atoms with Crippen LogP contribution in [0.2, 0.25) is 0 Å². The minimum atomic E-state index is 0.165. The van der Waals surface area contributed by atoms with E-state index in [1.165, 1.54) is 25.7 Å². The van der Waals surface area contributed by atoms with Crippen LogP contribution < -0.4 is 4.74 Å². The summed E-state index contributed by atoms with van der Waals surface area (Å²) >= 11 is 0. The van der Waals surface area contributed by atoms with Gasteiger partial charge in [-0.15, -0.1) is 0 Å². The summed E-state index contributed by atoms with van der Waals surface area (Å²) in [5, 5.41) is 0. The van der Waals surface area contributed by atoms with Gasteiger partial charge in [0.1, 0.15) is 12.4 Å². The third kappa shape index (κ3) is 3.15. The molecule has 0 amide bonds. The summed E-state index contributed by atoms with van der Waals surface area (Å²) in [6.07, 6.45) is 5.33. The Morgan fingerprint density at radius 2 is 2.05 bits per heavy atom. The quantitative estimate of drug-likeness (QED) is 0.589. The van der Waals surface area contributed by atoms with Crippen molar-refractivity contribution < 1.29 is 14.2 Å². The van der Waals surface area contributed by atoms with Crippen LogP contribution in [0.4, 0.5) is 0 Å². The van der Waals surface area contributed by atoms with Crippen LogP contribution in [0.3, 0.4) is 0 Å². The van der Waals surface area contributed by atoms with E-state index in [2.05, 4.69) is 6.92 Å². The van der Waals surface area contributed by atoms with Gasteiger partial charge in [-0.05, 0) is 31.9 Å². The molecule has 3 heteroatoms. The molecular weight excluding hydrogens is 252 g/mol. The van der Waals surface area contributed by atoms with Crippen LogP contribution in [-0.2, 0) is 9.47 Å². The number of hydrogen-bond donors (Lipinski definition) is 0. The van der Waals surface area contributed by atoms with Crippen LogP contribution in [0.5, 0.6) is 5.75 Å². The van der Waals surface area contributed by atoms with Crippen molar-refractivity contribution in [2.24, 2.45) is 5.92 Å². The number of ether oxygens (including phenoxy) is 3. The van der Waals surface area contributed by atoms with Crippen LogP contribution in [0.1, 0.15) is 32.6 Å². The highest BCUT2D eigenvalue weighted by Gasteiger charge is 2.54. The standard InChI is InChI=1S/C17H24O3/c1-14(16-9-5-6-10-17(16)13-20-17)18-11-12-19-15-7-3-2-4-8-15/h2-4,7-8,14,16H,5-6,9-13H2,1H3. The van der Waals surface area contributed by atoms with E-state index in [1.54, 1.807) is 0 Å². The molecule has 1 aliphatic carbocycles. The SMILES string of the molecule is CC(OCCOc1ccccc1)C1CCCCC12CO2. The Morgan fingerprint density at radius 3 is 2.80 bits per heavy atom. The molecule has 0 aromatic heterocycles. The summed E-state index contributed by atoms with van der Waals surface area (Å²) in [4.78, 5) is 0. The average molecular weight is 276 g/mol. The zero-order valence-electron chi connectivity index (χ0n) is 12.2. The Morgan fingerprint density at radius 1 is 1.25 bits per heavy atom. The van der Waals surface area contributed by atoms with Gasteiger partial charge in [0, 0.05) is 5.92 Å². The van der Waals surface area contributed by atoms with Crippen molar-refractivity contribution in [1.29, 1.82) is 0 Å². The first-order valence-electron chi connectivity index (χ1n) is 7.74. The van der Waals surface area contributed by atoms with Crippen LogP contribution in [0, 0.1) is 5.92 Å². The molecule has 110 valence electrons. The fourth-order valence-corrected chi connectivity index (χ4v) is 3.38. The number of rotatable bonds is 6. The van der Waals surface area contributed by atoms with Gasteiger partial charge >= 0.3 is 0 Å². The highest BCUT2D eigenvalue weighted by molar-refractivity contribution is 5.20. The van der Waals surface area contributed by atoms with Crippen molar-refractivity contribution >= 4 is 0 Å². The molecule has 0 radical (unpaired) electrons. The molecule has 2 fully saturated rings. The van der Waals surface area contributed by atoms with Crippen molar-refractivity contribution in [1.82, 2.24) is 0 Å². The number of epoxide rings is 1. The van der Waals surface area contributed by atoms with Crippen molar-refractivity contribution in [3.8, 4) is 5.75 Å². The van der Waals surface area contributed by atoms with Crippen LogP contribution >= 0.6 is 0 Å². The zero-order chi connectivity index (χ0) is 13.8. The molecule has 1 aromatic rings. The van der Waals surface area contributed by atoms with Crippen LogP contribution in [0.15, 0.2) is 30.3 Å². The van der Waals surface area contributed by atoms with Gasteiger partial charge < -0.3 is 14.2 Å². The predicted molar refractivity (Wildman–Crippen MR) is 78.0 cm³/mol. The van der Waals surface area contributed by atoms with Gasteiger partial charge in [-0.3, -0.25) is 0 Å². The van der Waals surface area contributed by atoms with Crippen LogP contribution in [-0.4, -0.2) is 31.5 Å². The van der Waals surface area contributed by atoms with E-state index in [1.807, 2.05) is 30.3 Å². The summed E-state index contributed by atoms with van der Waals surface area (Å²) < 4.78 is 17.4. The lowest BCUT2D eigenvalue weighted by Crippen LogP contribution is -2.38. The van der Waals surface area contributed by atoms with Gasteiger partial charge in [0.25, 0.3) is 0 Å². The fourth-order valence-electron chi connectivity index (χ4n) is 3.38. The van der Waals surface area contributed by atoms with E-state index >= 15 is 0 Å². The second-order valence-electron chi connectivity index (χ2n) is 5.94. The van der Waals surface area contributed by atoms with E-state index in [-0.39, 0.29) is 11.7 Å². The second kappa shape index (κ2) is 6.15. The highest BCUT2D eigenvalue weighted by atomic mass is 16.6. The molecule has 1 aromatic carbocycles. The monoisotopic (exact) mass is 276 g/mol. The predicted octanol–water partition coefficient (Wildman–Crippen LogP) is 3.43. The Hall–Kier alpha value is -1.06. The second-order valence-corrected chi connectivity index (χ2v) is 5.94. The van der Waals surface area contributed by atoms with E-state index in [4.69, 9.17) is 14.2 Å². The topological polar surface area (TPSA) is 31.0 Å². The van der Waals surface area contributed by atoms with E-state index in [0.29, 0.717) is 19.1 Å². The Labute approximate surface area is 121 Å². The summed E-state index contributed by atoms with van der Waals surface area (Å²) in [6, 6.07) is 9.89. The van der Waals surface area contributed by atoms with Gasteiger partial charge in [0.15, 0.2) is 0 Å². The van der Waals surface area contributed by atoms with E-state index in [0.717, 1.165) is 12.4 Å². The summed E-state index contributed by atoms with van der Waals surface area (Å²) in [5.41, 5.74) is 0.165.